The fraction of sp³-hybridized carbons (Fsp3) is 0.364. The molecule has 0 bridgehead atoms. The first-order valence-corrected chi connectivity index (χ1v) is 4.65. The van der Waals surface area contributed by atoms with Crippen LogP contribution in [0.2, 0.25) is 0 Å². The largest absolute Gasteiger partial charge is 0.384 e. The van der Waals surface area contributed by atoms with Gasteiger partial charge in [0, 0.05) is 24.2 Å². The smallest absolute Gasteiger partial charge is 0.165 e. The minimum Gasteiger partial charge on any atom is -0.384 e. The molecule has 0 amide bonds. The number of rotatable bonds is 0. The second-order valence-corrected chi connectivity index (χ2v) is 3.50. The molecule has 0 saturated carbocycles. The minimum absolute atomic E-state index is 0.264. The predicted molar refractivity (Wildman–Crippen MR) is 53.2 cm³/mol. The molecule has 68 valence electrons. The van der Waals surface area contributed by atoms with Gasteiger partial charge in [0.05, 0.1) is 0 Å². The van der Waals surface area contributed by atoms with Crippen LogP contribution in [0.4, 0.5) is 5.69 Å². The van der Waals surface area contributed by atoms with Gasteiger partial charge in [0.15, 0.2) is 5.78 Å². The number of hydrogen-bond acceptors (Lipinski definition) is 2. The molecule has 0 aliphatic carbocycles. The number of anilines is 1. The number of Topliss-reactive ketones (excluding diaryl/α,β-unsaturated/α-hetero) is 1. The van der Waals surface area contributed by atoms with Gasteiger partial charge >= 0.3 is 0 Å². The summed E-state index contributed by atoms with van der Waals surface area (Å²) in [6.45, 7) is 2.94. The van der Waals surface area contributed by atoms with E-state index in [4.69, 9.17) is 0 Å². The maximum Gasteiger partial charge on any atom is 0.165 e. The van der Waals surface area contributed by atoms with Crippen molar-refractivity contribution >= 4 is 11.5 Å². The molecule has 0 aromatic heterocycles. The van der Waals surface area contributed by atoms with E-state index in [0.29, 0.717) is 6.42 Å². The van der Waals surface area contributed by atoms with E-state index in [2.05, 4.69) is 5.32 Å². The minimum atomic E-state index is 0.264. The van der Waals surface area contributed by atoms with E-state index in [9.17, 15) is 4.79 Å². The van der Waals surface area contributed by atoms with Gasteiger partial charge in [0.1, 0.15) is 0 Å². The van der Waals surface area contributed by atoms with E-state index >= 15 is 0 Å². The van der Waals surface area contributed by atoms with Gasteiger partial charge in [-0.2, -0.15) is 0 Å². The number of hydrogen-bond donors (Lipinski definition) is 1. The van der Waals surface area contributed by atoms with E-state index in [1.165, 1.54) is 5.56 Å². The van der Waals surface area contributed by atoms with Gasteiger partial charge in [-0.05, 0) is 31.0 Å². The zero-order chi connectivity index (χ0) is 9.26. The van der Waals surface area contributed by atoms with E-state index in [-0.39, 0.29) is 5.78 Å². The molecule has 2 rings (SSSR count). The molecule has 1 aromatic carbocycles. The molecular formula is C11H13NO. The molecule has 0 spiro atoms. The summed E-state index contributed by atoms with van der Waals surface area (Å²) in [6.07, 6.45) is 1.61. The van der Waals surface area contributed by atoms with Crippen LogP contribution < -0.4 is 5.32 Å². The molecule has 1 N–H and O–H groups in total. The highest BCUT2D eigenvalue weighted by Gasteiger charge is 2.14. The lowest BCUT2D eigenvalue weighted by atomic mass is 10.0. The molecule has 1 aliphatic heterocycles. The molecule has 13 heavy (non-hydrogen) atoms. The molecule has 1 aliphatic rings. The molecule has 2 heteroatoms. The molecule has 0 unspecified atom stereocenters. The van der Waals surface area contributed by atoms with E-state index in [1.54, 1.807) is 0 Å². The van der Waals surface area contributed by atoms with E-state index < -0.39 is 0 Å². The average molecular weight is 175 g/mol. The first kappa shape index (κ1) is 8.30. The van der Waals surface area contributed by atoms with Crippen molar-refractivity contribution in [3.8, 4) is 0 Å². The van der Waals surface area contributed by atoms with Gasteiger partial charge in [-0.3, -0.25) is 4.79 Å². The molecular weight excluding hydrogens is 162 g/mol. The van der Waals surface area contributed by atoms with Crippen LogP contribution in [0.1, 0.15) is 28.8 Å². The topological polar surface area (TPSA) is 29.1 Å². The van der Waals surface area contributed by atoms with Gasteiger partial charge in [-0.25, -0.2) is 0 Å². The van der Waals surface area contributed by atoms with Crippen LogP contribution in [0, 0.1) is 6.92 Å². The van der Waals surface area contributed by atoms with Crippen molar-refractivity contribution in [2.24, 2.45) is 0 Å². The summed E-state index contributed by atoms with van der Waals surface area (Å²) in [5.74, 6) is 0.264. The fourth-order valence-electron chi connectivity index (χ4n) is 1.65. The molecule has 1 aromatic rings. The Morgan fingerprint density at radius 1 is 1.38 bits per heavy atom. The van der Waals surface area contributed by atoms with Gasteiger partial charge in [-0.1, -0.05) is 6.07 Å². The maximum atomic E-state index is 11.6. The monoisotopic (exact) mass is 175 g/mol. The zero-order valence-electron chi connectivity index (χ0n) is 7.76. The highest BCUT2D eigenvalue weighted by Crippen LogP contribution is 2.22. The third-order valence-electron chi connectivity index (χ3n) is 2.37. The number of carbonyl (C=O) groups excluding carboxylic acids is 1. The van der Waals surface area contributed by atoms with E-state index in [0.717, 1.165) is 24.2 Å². The Labute approximate surface area is 78.0 Å². The Hall–Kier alpha value is -1.31. The average Bonchev–Trinajstić information content (AvgIpc) is 2.28. The van der Waals surface area contributed by atoms with Gasteiger partial charge in [0.25, 0.3) is 0 Å². The quantitative estimate of drug-likeness (QED) is 0.656. The normalized spacial score (nSPS) is 15.9. The Morgan fingerprint density at radius 3 is 3.08 bits per heavy atom. The highest BCUT2D eigenvalue weighted by atomic mass is 16.1. The summed E-state index contributed by atoms with van der Waals surface area (Å²) in [7, 11) is 0. The Balaban J connectivity index is 2.48. The van der Waals surface area contributed by atoms with Crippen LogP contribution in [0.15, 0.2) is 18.2 Å². The lowest BCUT2D eigenvalue weighted by Crippen LogP contribution is -2.00. The van der Waals surface area contributed by atoms with Crippen molar-refractivity contribution in [1.29, 1.82) is 0 Å². The van der Waals surface area contributed by atoms with Crippen molar-refractivity contribution in [3.63, 3.8) is 0 Å². The number of ketones is 1. The molecule has 2 nitrogen and oxygen atoms in total. The van der Waals surface area contributed by atoms with Gasteiger partial charge in [-0.15, -0.1) is 0 Å². The number of aryl methyl sites for hydroxylation is 1. The van der Waals surface area contributed by atoms with Gasteiger partial charge < -0.3 is 5.32 Å². The van der Waals surface area contributed by atoms with Crippen molar-refractivity contribution in [1.82, 2.24) is 0 Å². The SMILES string of the molecule is Cc1ccc2c(c1)NCCCC2=O. The van der Waals surface area contributed by atoms with Crippen LogP contribution in [0.5, 0.6) is 0 Å². The Kier molecular flexibility index (Phi) is 2.05. The summed E-state index contributed by atoms with van der Waals surface area (Å²) in [6, 6.07) is 5.95. The molecule has 0 atom stereocenters. The summed E-state index contributed by atoms with van der Waals surface area (Å²) < 4.78 is 0. The summed E-state index contributed by atoms with van der Waals surface area (Å²) in [5.41, 5.74) is 3.05. The zero-order valence-corrected chi connectivity index (χ0v) is 7.76. The van der Waals surface area contributed by atoms with Crippen molar-refractivity contribution < 1.29 is 4.79 Å². The lowest BCUT2D eigenvalue weighted by molar-refractivity contribution is 0.0984. The van der Waals surface area contributed by atoms with Crippen LogP contribution >= 0.6 is 0 Å². The number of fused-ring (bicyclic) bond motifs is 1. The first-order valence-electron chi connectivity index (χ1n) is 4.65. The van der Waals surface area contributed by atoms with Crippen molar-refractivity contribution in [2.45, 2.75) is 19.8 Å². The summed E-state index contributed by atoms with van der Waals surface area (Å²) in [5, 5.41) is 3.28. The third kappa shape index (κ3) is 1.57. The summed E-state index contributed by atoms with van der Waals surface area (Å²) >= 11 is 0. The van der Waals surface area contributed by atoms with Crippen molar-refractivity contribution in [3.05, 3.63) is 29.3 Å². The van der Waals surface area contributed by atoms with Crippen molar-refractivity contribution in [2.75, 3.05) is 11.9 Å². The maximum absolute atomic E-state index is 11.6. The van der Waals surface area contributed by atoms with E-state index in [1.807, 2.05) is 25.1 Å². The Bertz CT molecular complexity index is 344. The Morgan fingerprint density at radius 2 is 2.23 bits per heavy atom. The number of carbonyl (C=O) groups is 1. The lowest BCUT2D eigenvalue weighted by Gasteiger charge is -2.06. The standard InChI is InChI=1S/C11H13NO/c1-8-4-5-9-10(7-8)12-6-2-3-11(9)13/h4-5,7,12H,2-3,6H2,1H3. The third-order valence-corrected chi connectivity index (χ3v) is 2.37. The second kappa shape index (κ2) is 3.21. The second-order valence-electron chi connectivity index (χ2n) is 3.50. The first-order chi connectivity index (χ1) is 6.27. The molecule has 0 fully saturated rings. The predicted octanol–water partition coefficient (Wildman–Crippen LogP) is 2.38. The highest BCUT2D eigenvalue weighted by molar-refractivity contribution is 6.01. The van der Waals surface area contributed by atoms with Crippen LogP contribution in [-0.2, 0) is 0 Å². The van der Waals surface area contributed by atoms with Gasteiger partial charge in [0.2, 0.25) is 0 Å². The van der Waals surface area contributed by atoms with Crippen LogP contribution in [-0.4, -0.2) is 12.3 Å². The van der Waals surface area contributed by atoms with Crippen LogP contribution in [0.3, 0.4) is 0 Å². The van der Waals surface area contributed by atoms with Crippen LogP contribution in [0.25, 0.3) is 0 Å². The molecule has 1 heterocycles. The molecule has 0 radical (unpaired) electrons. The number of benzene rings is 1. The number of nitrogens with one attached hydrogen (secondary N) is 1. The summed E-state index contributed by atoms with van der Waals surface area (Å²) in [4.78, 5) is 11.6. The molecule has 0 saturated heterocycles. The fourth-order valence-corrected chi connectivity index (χ4v) is 1.65.